The maximum absolute atomic E-state index is 2.55. The highest BCUT2D eigenvalue weighted by Gasteiger charge is 2.53. The van der Waals surface area contributed by atoms with E-state index in [1.807, 2.05) is 23.5 Å². The molecule has 8 aromatic rings. The zero-order valence-electron chi connectivity index (χ0n) is 32.2. The average molecular weight is 788 g/mol. The van der Waals surface area contributed by atoms with E-state index in [4.69, 9.17) is 0 Å². The Labute approximate surface area is 353 Å². The number of anilines is 3. The lowest BCUT2D eigenvalue weighted by molar-refractivity contribution is 0.673. The van der Waals surface area contributed by atoms with Gasteiger partial charge in [0.2, 0.25) is 0 Å². The molecule has 0 N–H and O–H groups in total. The van der Waals surface area contributed by atoms with Gasteiger partial charge in [-0.1, -0.05) is 175 Å². The molecule has 2 aliphatic heterocycles. The maximum atomic E-state index is 2.55. The Morgan fingerprint density at radius 1 is 0.407 bits per heavy atom. The van der Waals surface area contributed by atoms with Gasteiger partial charge in [-0.15, -0.1) is 0 Å². The van der Waals surface area contributed by atoms with Gasteiger partial charge in [0.1, 0.15) is 0 Å². The van der Waals surface area contributed by atoms with Crippen LogP contribution in [0.15, 0.2) is 225 Å². The van der Waals surface area contributed by atoms with Crippen molar-refractivity contribution in [3.8, 4) is 22.3 Å². The van der Waals surface area contributed by atoms with Crippen LogP contribution in [0, 0.1) is 0 Å². The van der Waals surface area contributed by atoms with Gasteiger partial charge in [0.05, 0.1) is 16.5 Å². The Kier molecular flexibility index (Phi) is 7.21. The van der Waals surface area contributed by atoms with E-state index in [-0.39, 0.29) is 5.41 Å². The number of allylic oxidation sites excluding steroid dienone is 3. The molecule has 3 heteroatoms. The molecule has 59 heavy (non-hydrogen) atoms. The molecule has 0 aromatic heterocycles. The van der Waals surface area contributed by atoms with Gasteiger partial charge in [0, 0.05) is 36.5 Å². The van der Waals surface area contributed by atoms with Gasteiger partial charge < -0.3 is 4.90 Å². The molecule has 0 saturated carbocycles. The lowest BCUT2D eigenvalue weighted by Crippen LogP contribution is -2.33. The maximum Gasteiger partial charge on any atom is 0.0736 e. The molecule has 278 valence electrons. The highest BCUT2D eigenvalue weighted by atomic mass is 32.2. The van der Waals surface area contributed by atoms with E-state index in [9.17, 15) is 0 Å². The van der Waals surface area contributed by atoms with Crippen LogP contribution in [-0.4, -0.2) is 0 Å². The molecular weight excluding hydrogens is 751 g/mol. The molecule has 2 spiro atoms. The molecule has 0 fully saturated rings. The zero-order chi connectivity index (χ0) is 38.7. The lowest BCUT2D eigenvalue weighted by atomic mass is 9.65. The second-order valence-corrected chi connectivity index (χ2v) is 18.3. The molecule has 2 heterocycles. The topological polar surface area (TPSA) is 3.24 Å². The number of hydrogen-bond donors (Lipinski definition) is 0. The molecule has 3 aliphatic carbocycles. The van der Waals surface area contributed by atoms with Gasteiger partial charge >= 0.3 is 0 Å². The third-order valence-electron chi connectivity index (χ3n) is 13.5. The second kappa shape index (κ2) is 12.6. The van der Waals surface area contributed by atoms with Crippen molar-refractivity contribution in [2.45, 2.75) is 38.4 Å². The SMILES string of the molecule is C1=CC2=C(CC1)C1(c3ccccc3S2)c2ccccc2-c2ccc(N(c3ccccc3)c3cccc4c3-c3ccccc3C43c4ccccc4Sc4ccccc43)cc21. The van der Waals surface area contributed by atoms with Crippen molar-refractivity contribution >= 4 is 40.6 Å². The van der Waals surface area contributed by atoms with Crippen molar-refractivity contribution in [3.63, 3.8) is 0 Å². The monoisotopic (exact) mass is 787 g/mol. The lowest BCUT2D eigenvalue weighted by Gasteiger charge is -2.42. The van der Waals surface area contributed by atoms with E-state index in [0.29, 0.717) is 0 Å². The van der Waals surface area contributed by atoms with Gasteiger partial charge in [-0.05, 0) is 123 Å². The summed E-state index contributed by atoms with van der Waals surface area (Å²) in [6.07, 6.45) is 6.85. The van der Waals surface area contributed by atoms with Crippen LogP contribution < -0.4 is 4.90 Å². The van der Waals surface area contributed by atoms with Gasteiger partial charge in [0.15, 0.2) is 0 Å². The van der Waals surface area contributed by atoms with Crippen LogP contribution >= 0.6 is 23.5 Å². The van der Waals surface area contributed by atoms with Crippen LogP contribution in [0.1, 0.15) is 51.8 Å². The average Bonchev–Trinajstić information content (AvgIpc) is 3.76. The summed E-state index contributed by atoms with van der Waals surface area (Å²) in [6.45, 7) is 0. The quantitative estimate of drug-likeness (QED) is 0.176. The summed E-state index contributed by atoms with van der Waals surface area (Å²) in [6, 6.07) is 71.2. The number of benzene rings is 8. The summed E-state index contributed by atoms with van der Waals surface area (Å²) in [4.78, 5) is 7.93. The summed E-state index contributed by atoms with van der Waals surface area (Å²) in [7, 11) is 0. The first-order valence-electron chi connectivity index (χ1n) is 20.7. The fourth-order valence-corrected chi connectivity index (χ4v) is 13.8. The van der Waals surface area contributed by atoms with Crippen molar-refractivity contribution in [3.05, 3.63) is 250 Å². The summed E-state index contributed by atoms with van der Waals surface area (Å²) < 4.78 is 0. The second-order valence-electron chi connectivity index (χ2n) is 16.2. The molecule has 1 nitrogen and oxygen atoms in total. The molecule has 0 saturated heterocycles. The first-order valence-corrected chi connectivity index (χ1v) is 22.3. The van der Waals surface area contributed by atoms with E-state index >= 15 is 0 Å². The van der Waals surface area contributed by atoms with Gasteiger partial charge in [-0.2, -0.15) is 0 Å². The Bertz CT molecular complexity index is 3090. The van der Waals surface area contributed by atoms with Crippen LogP contribution in [0.5, 0.6) is 0 Å². The number of nitrogens with zero attached hydrogens (tertiary/aromatic N) is 1. The highest BCUT2D eigenvalue weighted by molar-refractivity contribution is 8.03. The molecule has 0 bridgehead atoms. The van der Waals surface area contributed by atoms with Crippen molar-refractivity contribution in [2.75, 3.05) is 4.90 Å². The van der Waals surface area contributed by atoms with Crippen LogP contribution in [0.2, 0.25) is 0 Å². The summed E-state index contributed by atoms with van der Waals surface area (Å²) in [5, 5.41) is 0. The number of thioether (sulfide) groups is 1. The largest absolute Gasteiger partial charge is 0.310 e. The Morgan fingerprint density at radius 2 is 0.966 bits per heavy atom. The molecule has 8 aromatic carbocycles. The molecule has 13 rings (SSSR count). The third kappa shape index (κ3) is 4.39. The predicted octanol–water partition coefficient (Wildman–Crippen LogP) is 15.0. The smallest absolute Gasteiger partial charge is 0.0736 e. The standard InChI is InChI=1S/C56H37NS2/c1-2-17-36(18-3-1)57(37-33-34-39-38-19-4-6-21-41(38)56(48(39)35-37)45-25-10-14-31-52(45)59-53-32-15-11-26-46(53)56)49-28-16-27-47-54(49)40-20-5-7-22-42(40)55(47)43-23-8-12-29-50(43)58-51-30-13-9-24-44(51)55/h1-10,12-25,27-35H,11,26H2. The first kappa shape index (κ1) is 33.7. The zero-order valence-corrected chi connectivity index (χ0v) is 33.9. The van der Waals surface area contributed by atoms with Crippen LogP contribution in [0.4, 0.5) is 17.1 Å². The van der Waals surface area contributed by atoms with Crippen molar-refractivity contribution < 1.29 is 0 Å². The Morgan fingerprint density at radius 3 is 1.69 bits per heavy atom. The van der Waals surface area contributed by atoms with E-state index in [0.717, 1.165) is 24.2 Å². The molecule has 1 atom stereocenters. The normalized spacial score (nSPS) is 18.0. The summed E-state index contributed by atoms with van der Waals surface area (Å²) >= 11 is 3.84. The van der Waals surface area contributed by atoms with Crippen LogP contribution in [0.3, 0.4) is 0 Å². The van der Waals surface area contributed by atoms with E-state index in [1.165, 1.54) is 92.1 Å². The van der Waals surface area contributed by atoms with Gasteiger partial charge in [-0.25, -0.2) is 0 Å². The number of hydrogen-bond acceptors (Lipinski definition) is 3. The minimum atomic E-state index is -0.451. The minimum Gasteiger partial charge on any atom is -0.310 e. The van der Waals surface area contributed by atoms with E-state index < -0.39 is 5.41 Å². The number of fused-ring (bicyclic) bond motifs is 17. The Balaban J connectivity index is 1.11. The molecular formula is C56H37NS2. The predicted molar refractivity (Wildman–Crippen MR) is 246 cm³/mol. The number of rotatable bonds is 3. The van der Waals surface area contributed by atoms with Crippen LogP contribution in [-0.2, 0) is 10.8 Å². The summed E-state index contributed by atoms with van der Waals surface area (Å²) in [5.41, 5.74) is 19.0. The first-order chi connectivity index (χ1) is 29.3. The molecule has 0 amide bonds. The van der Waals surface area contributed by atoms with Crippen molar-refractivity contribution in [2.24, 2.45) is 0 Å². The summed E-state index contributed by atoms with van der Waals surface area (Å²) in [5.74, 6) is 0. The Hall–Kier alpha value is -6.26. The fourth-order valence-electron chi connectivity index (χ4n) is 11.4. The number of para-hydroxylation sites is 1. The van der Waals surface area contributed by atoms with E-state index in [2.05, 4.69) is 205 Å². The highest BCUT2D eigenvalue weighted by Crippen LogP contribution is 2.66. The van der Waals surface area contributed by atoms with Gasteiger partial charge in [-0.3, -0.25) is 0 Å². The fraction of sp³-hybridized carbons (Fsp3) is 0.0714. The molecule has 0 radical (unpaired) electrons. The van der Waals surface area contributed by atoms with E-state index in [1.54, 1.807) is 0 Å². The molecule has 5 aliphatic rings. The van der Waals surface area contributed by atoms with Crippen molar-refractivity contribution in [1.82, 2.24) is 0 Å². The van der Waals surface area contributed by atoms with Gasteiger partial charge in [0.25, 0.3) is 0 Å². The molecule has 1 unspecified atom stereocenters. The van der Waals surface area contributed by atoms with Crippen molar-refractivity contribution in [1.29, 1.82) is 0 Å². The minimum absolute atomic E-state index is 0.380. The third-order valence-corrected chi connectivity index (χ3v) is 15.8. The van der Waals surface area contributed by atoms with Crippen LogP contribution in [0.25, 0.3) is 22.3 Å².